The zero-order valence-electron chi connectivity index (χ0n) is 11.4. The minimum atomic E-state index is 0.819. The molecule has 0 aromatic carbocycles. The normalized spacial score (nSPS) is 10.9. The second-order valence-corrected chi connectivity index (χ2v) is 4.60. The van der Waals surface area contributed by atoms with Gasteiger partial charge in [-0.05, 0) is 46.2 Å². The van der Waals surface area contributed by atoms with E-state index in [4.69, 9.17) is 0 Å². The first-order valence-corrected chi connectivity index (χ1v) is 6.10. The number of anilines is 1. The first-order valence-electron chi connectivity index (χ1n) is 6.10. The Morgan fingerprint density at radius 1 is 1.18 bits per heavy atom. The molecule has 96 valence electrons. The number of nitrogens with zero attached hydrogens (tertiary/aromatic N) is 3. The van der Waals surface area contributed by atoms with Gasteiger partial charge in [0, 0.05) is 20.1 Å². The summed E-state index contributed by atoms with van der Waals surface area (Å²) in [5.74, 6) is 1.05. The lowest BCUT2D eigenvalue weighted by Crippen LogP contribution is -2.24. The molecule has 0 amide bonds. The van der Waals surface area contributed by atoms with Crippen molar-refractivity contribution in [2.24, 2.45) is 0 Å². The van der Waals surface area contributed by atoms with E-state index in [-0.39, 0.29) is 0 Å². The Balaban J connectivity index is 2.50. The molecule has 4 nitrogen and oxygen atoms in total. The van der Waals surface area contributed by atoms with Gasteiger partial charge in [0.2, 0.25) is 0 Å². The van der Waals surface area contributed by atoms with Crippen LogP contribution in [0.3, 0.4) is 0 Å². The van der Waals surface area contributed by atoms with Crippen LogP contribution in [0.4, 0.5) is 5.82 Å². The summed E-state index contributed by atoms with van der Waals surface area (Å²) in [7, 11) is 8.24. The van der Waals surface area contributed by atoms with Crippen LogP contribution in [0.2, 0.25) is 0 Å². The lowest BCUT2D eigenvalue weighted by atomic mass is 10.3. The van der Waals surface area contributed by atoms with Crippen LogP contribution in [-0.4, -0.2) is 51.2 Å². The second-order valence-electron chi connectivity index (χ2n) is 4.60. The summed E-state index contributed by atoms with van der Waals surface area (Å²) < 4.78 is 0. The fraction of sp³-hybridized carbons (Fsp3) is 0.615. The number of pyridine rings is 1. The van der Waals surface area contributed by atoms with Crippen LogP contribution in [0.25, 0.3) is 0 Å². The van der Waals surface area contributed by atoms with Crippen LogP contribution in [-0.2, 0) is 6.54 Å². The van der Waals surface area contributed by atoms with Crippen LogP contribution in [0.5, 0.6) is 0 Å². The largest absolute Gasteiger partial charge is 0.360 e. The fourth-order valence-corrected chi connectivity index (χ4v) is 1.70. The molecule has 1 N–H and O–H groups in total. The molecule has 1 rings (SSSR count). The minimum Gasteiger partial charge on any atom is -0.360 e. The monoisotopic (exact) mass is 236 g/mol. The zero-order valence-corrected chi connectivity index (χ0v) is 11.4. The Bertz CT molecular complexity index is 325. The molecule has 0 aliphatic carbocycles. The van der Waals surface area contributed by atoms with Crippen molar-refractivity contribution in [2.75, 3.05) is 46.2 Å². The molecule has 0 unspecified atom stereocenters. The quantitative estimate of drug-likeness (QED) is 0.770. The zero-order chi connectivity index (χ0) is 12.7. The van der Waals surface area contributed by atoms with Crippen molar-refractivity contribution in [3.8, 4) is 0 Å². The van der Waals surface area contributed by atoms with Crippen LogP contribution in [0.15, 0.2) is 18.2 Å². The lowest BCUT2D eigenvalue weighted by molar-refractivity contribution is 0.401. The highest BCUT2D eigenvalue weighted by Gasteiger charge is 2.03. The number of aromatic nitrogens is 1. The van der Waals surface area contributed by atoms with Gasteiger partial charge in [0.15, 0.2) is 0 Å². The molecule has 0 bridgehead atoms. The molecule has 0 radical (unpaired) electrons. The molecular formula is C13H24N4. The molecule has 0 saturated heterocycles. The van der Waals surface area contributed by atoms with Gasteiger partial charge in [-0.25, -0.2) is 4.98 Å². The smallest absolute Gasteiger partial charge is 0.128 e. The summed E-state index contributed by atoms with van der Waals surface area (Å²) in [5, 5.41) is 3.12. The minimum absolute atomic E-state index is 0.819. The Labute approximate surface area is 105 Å². The van der Waals surface area contributed by atoms with E-state index in [9.17, 15) is 0 Å². The molecule has 0 fully saturated rings. The van der Waals surface area contributed by atoms with Gasteiger partial charge in [-0.3, -0.25) is 0 Å². The van der Waals surface area contributed by atoms with Crippen LogP contribution in [0, 0.1) is 0 Å². The Kier molecular flexibility index (Phi) is 5.94. The van der Waals surface area contributed by atoms with Crippen molar-refractivity contribution in [3.63, 3.8) is 0 Å². The van der Waals surface area contributed by atoms with Crippen molar-refractivity contribution in [2.45, 2.75) is 13.0 Å². The highest BCUT2D eigenvalue weighted by molar-refractivity contribution is 5.38. The summed E-state index contributed by atoms with van der Waals surface area (Å²) in [6.07, 6.45) is 1.15. The van der Waals surface area contributed by atoms with E-state index in [2.05, 4.69) is 53.4 Å². The molecule has 0 spiro atoms. The molecule has 1 aromatic heterocycles. The third kappa shape index (κ3) is 5.15. The highest BCUT2D eigenvalue weighted by atomic mass is 15.2. The summed E-state index contributed by atoms with van der Waals surface area (Å²) in [5.41, 5.74) is 1.09. The first-order chi connectivity index (χ1) is 8.13. The maximum atomic E-state index is 4.61. The van der Waals surface area contributed by atoms with E-state index in [0.717, 1.165) is 37.6 Å². The van der Waals surface area contributed by atoms with E-state index in [1.807, 2.05) is 13.1 Å². The maximum Gasteiger partial charge on any atom is 0.128 e. The van der Waals surface area contributed by atoms with Gasteiger partial charge in [-0.1, -0.05) is 6.07 Å². The third-order valence-electron chi connectivity index (χ3n) is 2.64. The summed E-state index contributed by atoms with van der Waals surface area (Å²) in [6, 6.07) is 6.18. The van der Waals surface area contributed by atoms with E-state index in [0.29, 0.717) is 0 Å². The summed E-state index contributed by atoms with van der Waals surface area (Å²) >= 11 is 0. The fourth-order valence-electron chi connectivity index (χ4n) is 1.70. The maximum absolute atomic E-state index is 4.61. The Morgan fingerprint density at radius 3 is 2.59 bits per heavy atom. The van der Waals surface area contributed by atoms with Crippen molar-refractivity contribution in [1.82, 2.24) is 15.2 Å². The van der Waals surface area contributed by atoms with E-state index < -0.39 is 0 Å². The molecule has 4 heteroatoms. The predicted molar refractivity (Wildman–Crippen MR) is 73.4 cm³/mol. The van der Waals surface area contributed by atoms with E-state index in [1.165, 1.54) is 0 Å². The molecular weight excluding hydrogens is 212 g/mol. The number of hydrogen-bond donors (Lipinski definition) is 1. The average molecular weight is 236 g/mol. The van der Waals surface area contributed by atoms with Crippen LogP contribution >= 0.6 is 0 Å². The lowest BCUT2D eigenvalue weighted by Gasteiger charge is -2.20. The van der Waals surface area contributed by atoms with Gasteiger partial charge in [0.05, 0.1) is 5.69 Å². The second kappa shape index (κ2) is 7.25. The van der Waals surface area contributed by atoms with Gasteiger partial charge < -0.3 is 15.1 Å². The third-order valence-corrected chi connectivity index (χ3v) is 2.64. The van der Waals surface area contributed by atoms with Gasteiger partial charge >= 0.3 is 0 Å². The highest BCUT2D eigenvalue weighted by Crippen LogP contribution is 2.10. The van der Waals surface area contributed by atoms with Crippen molar-refractivity contribution < 1.29 is 0 Å². The summed E-state index contributed by atoms with van der Waals surface area (Å²) in [6.45, 7) is 2.97. The molecule has 17 heavy (non-hydrogen) atoms. The molecule has 0 aliphatic rings. The van der Waals surface area contributed by atoms with Crippen molar-refractivity contribution in [3.05, 3.63) is 23.9 Å². The van der Waals surface area contributed by atoms with Gasteiger partial charge in [0.1, 0.15) is 5.82 Å². The van der Waals surface area contributed by atoms with Crippen LogP contribution < -0.4 is 10.2 Å². The Morgan fingerprint density at radius 2 is 1.94 bits per heavy atom. The van der Waals surface area contributed by atoms with Crippen molar-refractivity contribution in [1.29, 1.82) is 0 Å². The van der Waals surface area contributed by atoms with Gasteiger partial charge in [-0.15, -0.1) is 0 Å². The van der Waals surface area contributed by atoms with E-state index >= 15 is 0 Å². The van der Waals surface area contributed by atoms with Gasteiger partial charge in [-0.2, -0.15) is 0 Å². The van der Waals surface area contributed by atoms with Crippen molar-refractivity contribution >= 4 is 5.82 Å². The molecule has 1 aromatic rings. The summed E-state index contributed by atoms with van der Waals surface area (Å²) in [4.78, 5) is 9.03. The average Bonchev–Trinajstić information content (AvgIpc) is 2.29. The topological polar surface area (TPSA) is 31.4 Å². The van der Waals surface area contributed by atoms with Gasteiger partial charge in [0.25, 0.3) is 0 Å². The number of nitrogens with one attached hydrogen (secondary N) is 1. The number of rotatable bonds is 7. The molecule has 0 saturated carbocycles. The molecule has 0 atom stereocenters. The first kappa shape index (κ1) is 13.9. The van der Waals surface area contributed by atoms with E-state index in [1.54, 1.807) is 0 Å². The standard InChI is InChI=1S/C13H24N4/c1-14-11-12-7-5-8-13(15-12)17(4)10-6-9-16(2)3/h5,7-8,14H,6,9-11H2,1-4H3. The Hall–Kier alpha value is -1.13. The number of hydrogen-bond acceptors (Lipinski definition) is 4. The van der Waals surface area contributed by atoms with Crippen LogP contribution in [0.1, 0.15) is 12.1 Å². The molecule has 1 heterocycles. The predicted octanol–water partition coefficient (Wildman–Crippen LogP) is 1.19. The molecule has 0 aliphatic heterocycles. The SMILES string of the molecule is CNCc1cccc(N(C)CCCN(C)C)n1.